The van der Waals surface area contributed by atoms with Gasteiger partial charge < -0.3 is 5.32 Å². The summed E-state index contributed by atoms with van der Waals surface area (Å²) in [4.78, 5) is 12.3. The molecule has 20 heavy (non-hydrogen) atoms. The van der Waals surface area contributed by atoms with Gasteiger partial charge in [0.2, 0.25) is 0 Å². The van der Waals surface area contributed by atoms with Crippen LogP contribution < -0.4 is 5.32 Å². The molecular formula is C18H27NO. The van der Waals surface area contributed by atoms with E-state index in [1.165, 1.54) is 29.5 Å². The summed E-state index contributed by atoms with van der Waals surface area (Å²) in [7, 11) is 0. The Bertz CT molecular complexity index is 440. The summed E-state index contributed by atoms with van der Waals surface area (Å²) in [6.45, 7) is 8.64. The zero-order valence-electron chi connectivity index (χ0n) is 13.0. The van der Waals surface area contributed by atoms with Gasteiger partial charge in [-0.2, -0.15) is 0 Å². The fraction of sp³-hybridized carbons (Fsp3) is 0.611. The molecule has 0 bridgehead atoms. The van der Waals surface area contributed by atoms with Gasteiger partial charge in [-0.3, -0.25) is 4.79 Å². The molecule has 1 N–H and O–H groups in total. The van der Waals surface area contributed by atoms with E-state index in [2.05, 4.69) is 44.3 Å². The molecule has 1 saturated heterocycles. The maximum absolute atomic E-state index is 12.3. The summed E-state index contributed by atoms with van der Waals surface area (Å²) in [6, 6.07) is 6.43. The van der Waals surface area contributed by atoms with E-state index in [1.54, 1.807) is 0 Å². The van der Waals surface area contributed by atoms with E-state index in [1.807, 2.05) is 0 Å². The van der Waals surface area contributed by atoms with Crippen LogP contribution in [0.15, 0.2) is 18.2 Å². The molecule has 2 heteroatoms. The Labute approximate surface area is 123 Å². The molecule has 1 fully saturated rings. The fourth-order valence-corrected chi connectivity index (χ4v) is 3.36. The molecule has 1 heterocycles. The zero-order chi connectivity index (χ0) is 14.5. The molecule has 0 aromatic heterocycles. The van der Waals surface area contributed by atoms with Crippen molar-refractivity contribution in [3.8, 4) is 0 Å². The summed E-state index contributed by atoms with van der Waals surface area (Å²) >= 11 is 0. The van der Waals surface area contributed by atoms with Crippen LogP contribution in [0.1, 0.15) is 42.9 Å². The van der Waals surface area contributed by atoms with Gasteiger partial charge in [0.05, 0.1) is 0 Å². The quantitative estimate of drug-likeness (QED) is 0.890. The molecule has 0 spiro atoms. The lowest BCUT2D eigenvalue weighted by atomic mass is 9.83. The molecular weight excluding hydrogens is 246 g/mol. The molecule has 0 aliphatic carbocycles. The number of piperidine rings is 1. The first-order chi connectivity index (χ1) is 9.54. The van der Waals surface area contributed by atoms with Crippen molar-refractivity contribution in [2.24, 2.45) is 11.8 Å². The van der Waals surface area contributed by atoms with Gasteiger partial charge >= 0.3 is 0 Å². The van der Waals surface area contributed by atoms with Gasteiger partial charge in [0.15, 0.2) is 0 Å². The van der Waals surface area contributed by atoms with Gasteiger partial charge in [-0.05, 0) is 57.2 Å². The van der Waals surface area contributed by atoms with Gasteiger partial charge in [-0.15, -0.1) is 0 Å². The molecule has 2 rings (SSSR count). The van der Waals surface area contributed by atoms with Crippen molar-refractivity contribution in [1.82, 2.24) is 5.32 Å². The van der Waals surface area contributed by atoms with Crippen molar-refractivity contribution in [3.63, 3.8) is 0 Å². The molecule has 1 aliphatic rings. The SMILES string of the molecule is Cc1cc(C)cc(CC(=O)CC(C)C2CCCNC2)c1. The number of carbonyl (C=O) groups is 1. The third kappa shape index (κ3) is 4.45. The highest BCUT2D eigenvalue weighted by molar-refractivity contribution is 5.81. The van der Waals surface area contributed by atoms with Crippen molar-refractivity contribution in [2.45, 2.75) is 46.5 Å². The second kappa shape index (κ2) is 7.03. The number of benzene rings is 1. The lowest BCUT2D eigenvalue weighted by molar-refractivity contribution is -0.119. The predicted octanol–water partition coefficient (Wildman–Crippen LogP) is 3.44. The third-order valence-electron chi connectivity index (χ3n) is 4.37. The van der Waals surface area contributed by atoms with E-state index in [0.717, 1.165) is 19.5 Å². The zero-order valence-corrected chi connectivity index (χ0v) is 13.0. The molecule has 2 atom stereocenters. The first-order valence-electron chi connectivity index (χ1n) is 7.84. The second-order valence-electron chi connectivity index (χ2n) is 6.50. The first-order valence-corrected chi connectivity index (χ1v) is 7.84. The lowest BCUT2D eigenvalue weighted by Crippen LogP contribution is -2.34. The van der Waals surface area contributed by atoms with E-state index in [0.29, 0.717) is 24.0 Å². The van der Waals surface area contributed by atoms with E-state index >= 15 is 0 Å². The third-order valence-corrected chi connectivity index (χ3v) is 4.37. The molecule has 110 valence electrons. The summed E-state index contributed by atoms with van der Waals surface area (Å²) in [5.74, 6) is 1.56. The maximum atomic E-state index is 12.3. The molecule has 1 aromatic rings. The van der Waals surface area contributed by atoms with Gasteiger partial charge in [-0.1, -0.05) is 36.2 Å². The number of aryl methyl sites for hydroxylation is 2. The molecule has 0 amide bonds. The van der Waals surface area contributed by atoms with E-state index in [4.69, 9.17) is 0 Å². The van der Waals surface area contributed by atoms with Gasteiger partial charge in [0, 0.05) is 12.8 Å². The van der Waals surface area contributed by atoms with Crippen LogP contribution in [-0.4, -0.2) is 18.9 Å². The van der Waals surface area contributed by atoms with Crippen molar-refractivity contribution in [1.29, 1.82) is 0 Å². The lowest BCUT2D eigenvalue weighted by Gasteiger charge is -2.28. The fourth-order valence-electron chi connectivity index (χ4n) is 3.36. The smallest absolute Gasteiger partial charge is 0.137 e. The predicted molar refractivity (Wildman–Crippen MR) is 84.0 cm³/mol. The summed E-state index contributed by atoms with van der Waals surface area (Å²) in [6.07, 6.45) is 3.83. The van der Waals surface area contributed by atoms with Crippen LogP contribution in [0.4, 0.5) is 0 Å². The first kappa shape index (κ1) is 15.2. The van der Waals surface area contributed by atoms with Crippen LogP contribution in [0.25, 0.3) is 0 Å². The molecule has 0 radical (unpaired) electrons. The normalized spacial score (nSPS) is 20.6. The number of nitrogens with one attached hydrogen (secondary N) is 1. The van der Waals surface area contributed by atoms with E-state index < -0.39 is 0 Å². The summed E-state index contributed by atoms with van der Waals surface area (Å²) < 4.78 is 0. The highest BCUT2D eigenvalue weighted by Crippen LogP contribution is 2.23. The Hall–Kier alpha value is -1.15. The summed E-state index contributed by atoms with van der Waals surface area (Å²) in [5, 5.41) is 3.44. The van der Waals surface area contributed by atoms with Gasteiger partial charge in [0.1, 0.15) is 5.78 Å². The Balaban J connectivity index is 1.88. The molecule has 2 unspecified atom stereocenters. The number of carbonyl (C=O) groups excluding carboxylic acids is 1. The van der Waals surface area contributed by atoms with E-state index in [9.17, 15) is 4.79 Å². The number of rotatable bonds is 5. The monoisotopic (exact) mass is 273 g/mol. The van der Waals surface area contributed by atoms with Crippen molar-refractivity contribution < 1.29 is 4.79 Å². The Kier molecular flexibility index (Phi) is 5.36. The molecule has 0 saturated carbocycles. The highest BCUT2D eigenvalue weighted by Gasteiger charge is 2.21. The van der Waals surface area contributed by atoms with Crippen LogP contribution in [0.5, 0.6) is 0 Å². The van der Waals surface area contributed by atoms with Crippen LogP contribution in [0, 0.1) is 25.7 Å². The van der Waals surface area contributed by atoms with Crippen molar-refractivity contribution in [2.75, 3.05) is 13.1 Å². The van der Waals surface area contributed by atoms with Gasteiger partial charge in [0.25, 0.3) is 0 Å². The number of Topliss-reactive ketones (excluding diaryl/α,β-unsaturated/α-hetero) is 1. The van der Waals surface area contributed by atoms with Crippen LogP contribution >= 0.6 is 0 Å². The highest BCUT2D eigenvalue weighted by atomic mass is 16.1. The Morgan fingerprint density at radius 2 is 2.00 bits per heavy atom. The molecule has 1 aliphatic heterocycles. The Morgan fingerprint density at radius 1 is 1.30 bits per heavy atom. The van der Waals surface area contributed by atoms with E-state index in [-0.39, 0.29) is 0 Å². The second-order valence-corrected chi connectivity index (χ2v) is 6.50. The maximum Gasteiger partial charge on any atom is 0.137 e. The minimum atomic E-state index is 0.382. The number of ketones is 1. The largest absolute Gasteiger partial charge is 0.316 e. The van der Waals surface area contributed by atoms with Crippen LogP contribution in [0.2, 0.25) is 0 Å². The minimum absolute atomic E-state index is 0.382. The van der Waals surface area contributed by atoms with Gasteiger partial charge in [-0.25, -0.2) is 0 Å². The van der Waals surface area contributed by atoms with Crippen LogP contribution in [-0.2, 0) is 11.2 Å². The van der Waals surface area contributed by atoms with Crippen molar-refractivity contribution in [3.05, 3.63) is 34.9 Å². The molecule has 1 aromatic carbocycles. The standard InChI is InChI=1S/C18H27NO/c1-13-7-14(2)9-16(8-13)11-18(20)10-15(3)17-5-4-6-19-12-17/h7-9,15,17,19H,4-6,10-12H2,1-3H3. The topological polar surface area (TPSA) is 29.1 Å². The van der Waals surface area contributed by atoms with Crippen LogP contribution in [0.3, 0.4) is 0 Å². The minimum Gasteiger partial charge on any atom is -0.316 e. The van der Waals surface area contributed by atoms with Crippen molar-refractivity contribution >= 4 is 5.78 Å². The Morgan fingerprint density at radius 3 is 2.60 bits per heavy atom. The summed E-state index contributed by atoms with van der Waals surface area (Å²) in [5.41, 5.74) is 3.66. The number of hydrogen-bond acceptors (Lipinski definition) is 2. The average Bonchev–Trinajstić information content (AvgIpc) is 2.38. The number of hydrogen-bond donors (Lipinski definition) is 1. The molecule has 2 nitrogen and oxygen atoms in total. The average molecular weight is 273 g/mol.